The zero-order valence-electron chi connectivity index (χ0n) is 44.0. The summed E-state index contributed by atoms with van der Waals surface area (Å²) in [7, 11) is 6.60. The fourth-order valence-corrected chi connectivity index (χ4v) is 9.46. The third-order valence-corrected chi connectivity index (χ3v) is 12.4. The van der Waals surface area contributed by atoms with Crippen molar-refractivity contribution in [3.63, 3.8) is 0 Å². The van der Waals surface area contributed by atoms with Crippen LogP contribution < -0.4 is 18.9 Å². The molecule has 0 saturated carbocycles. The van der Waals surface area contributed by atoms with Gasteiger partial charge < -0.3 is 37.9 Å². The Kier molecular flexibility index (Phi) is 22.4. The minimum Gasteiger partial charge on any atom is -0.496 e. The molecule has 8 bridgehead atoms. The number of methoxy groups -OCH3 is 4. The first-order valence-corrected chi connectivity index (χ1v) is 25.0. The summed E-state index contributed by atoms with van der Waals surface area (Å²) < 4.78 is 46.9. The monoisotopic (exact) mass is 1020 g/mol. The van der Waals surface area contributed by atoms with E-state index < -0.39 is 23.9 Å². The Balaban J connectivity index is 1.71. The lowest BCUT2D eigenvalue weighted by Crippen LogP contribution is -2.11. The van der Waals surface area contributed by atoms with Crippen LogP contribution in [0.3, 0.4) is 0 Å². The van der Waals surface area contributed by atoms with E-state index in [0.29, 0.717) is 100 Å². The van der Waals surface area contributed by atoms with Crippen LogP contribution >= 0.6 is 0 Å². The van der Waals surface area contributed by atoms with E-state index in [4.69, 9.17) is 37.9 Å². The van der Waals surface area contributed by atoms with Gasteiger partial charge in [0.2, 0.25) is 0 Å². The summed E-state index contributed by atoms with van der Waals surface area (Å²) in [6, 6.07) is 16.8. The number of carbonyl (C=O) groups excluding carboxylic acids is 7. The van der Waals surface area contributed by atoms with E-state index in [2.05, 4.69) is 55.1 Å². The Morgan fingerprint density at radius 3 is 0.797 bits per heavy atom. The van der Waals surface area contributed by atoms with Crippen molar-refractivity contribution in [1.82, 2.24) is 0 Å². The first-order chi connectivity index (χ1) is 35.5. The van der Waals surface area contributed by atoms with Crippen molar-refractivity contribution in [3.8, 4) is 23.0 Å². The van der Waals surface area contributed by atoms with Crippen LogP contribution in [0.25, 0.3) is 0 Å². The van der Waals surface area contributed by atoms with Gasteiger partial charge in [0.25, 0.3) is 0 Å². The highest BCUT2D eigenvalue weighted by Gasteiger charge is 2.24. The summed E-state index contributed by atoms with van der Waals surface area (Å²) in [5.41, 5.74) is 11.0. The van der Waals surface area contributed by atoms with E-state index in [1.807, 2.05) is 0 Å². The van der Waals surface area contributed by atoms with Crippen molar-refractivity contribution < 1.29 is 71.5 Å². The minimum atomic E-state index is -0.567. The van der Waals surface area contributed by atoms with Crippen molar-refractivity contribution >= 4 is 41.2 Å². The molecule has 0 saturated heterocycles. The molecule has 0 unspecified atom stereocenters. The third-order valence-electron chi connectivity index (χ3n) is 12.4. The summed E-state index contributed by atoms with van der Waals surface area (Å²) in [5, 5.41) is 0. The summed E-state index contributed by atoms with van der Waals surface area (Å²) in [5.74, 6) is -0.293. The smallest absolute Gasteiger partial charge is 0.330 e. The van der Waals surface area contributed by atoms with Crippen molar-refractivity contribution in [2.24, 2.45) is 0 Å². The molecule has 0 amide bonds. The molecule has 4 aromatic carbocycles. The Hall–Kier alpha value is -7.29. The van der Waals surface area contributed by atoms with E-state index in [1.165, 1.54) is 20.8 Å². The van der Waals surface area contributed by atoms with Gasteiger partial charge in [-0.25, -0.2) is 4.79 Å². The fraction of sp³-hybridized carbons (Fsp3) is 0.441. The summed E-state index contributed by atoms with van der Waals surface area (Å²) in [6.07, 6.45) is 6.11. The highest BCUT2D eigenvalue weighted by atomic mass is 16.5. The molecule has 4 aromatic rings. The maximum atomic E-state index is 12.3. The van der Waals surface area contributed by atoms with Crippen LogP contribution in [0.15, 0.2) is 61.2 Å². The quantitative estimate of drug-likeness (QED) is 0.0160. The molecule has 1 aliphatic rings. The number of ether oxygens (including phenoxy) is 8. The van der Waals surface area contributed by atoms with Gasteiger partial charge in [0.1, 0.15) is 59.6 Å². The number of rotatable bonds is 27. The van der Waals surface area contributed by atoms with Crippen LogP contribution in [0.4, 0.5) is 0 Å². The van der Waals surface area contributed by atoms with Gasteiger partial charge in [0.05, 0.1) is 54.9 Å². The van der Waals surface area contributed by atoms with Crippen LogP contribution in [0.1, 0.15) is 132 Å². The number of fused-ring (bicyclic) bond motifs is 8. The topological polar surface area (TPSA) is 193 Å². The molecule has 0 spiro atoms. The number of ketones is 3. The van der Waals surface area contributed by atoms with E-state index in [1.54, 1.807) is 28.4 Å². The summed E-state index contributed by atoms with van der Waals surface area (Å²) in [4.78, 5) is 83.5. The normalized spacial score (nSPS) is 11.7. The molecule has 15 nitrogen and oxygen atoms in total. The van der Waals surface area contributed by atoms with Gasteiger partial charge in [-0.1, -0.05) is 55.1 Å². The Labute approximate surface area is 434 Å². The van der Waals surface area contributed by atoms with E-state index >= 15 is 0 Å². The van der Waals surface area contributed by atoms with Crippen LogP contribution in [-0.2, 0) is 104 Å². The molecule has 0 aliphatic heterocycles. The molecule has 15 heteroatoms. The van der Waals surface area contributed by atoms with Gasteiger partial charge in [0.15, 0.2) is 0 Å². The molecule has 5 rings (SSSR count). The van der Waals surface area contributed by atoms with E-state index in [9.17, 15) is 33.6 Å². The van der Waals surface area contributed by atoms with E-state index in [0.717, 1.165) is 72.8 Å². The van der Waals surface area contributed by atoms with Gasteiger partial charge in [-0.2, -0.15) is 0 Å². The number of esters is 4. The molecule has 1 aliphatic carbocycles. The Morgan fingerprint density at radius 2 is 0.608 bits per heavy atom. The van der Waals surface area contributed by atoms with Crippen LogP contribution in [0.2, 0.25) is 0 Å². The minimum absolute atomic E-state index is 0.128. The van der Waals surface area contributed by atoms with Gasteiger partial charge in [0, 0.05) is 31.8 Å². The number of hydrogen-bond acceptors (Lipinski definition) is 15. The lowest BCUT2D eigenvalue weighted by molar-refractivity contribution is -0.147. The maximum Gasteiger partial charge on any atom is 0.330 e. The number of benzene rings is 4. The van der Waals surface area contributed by atoms with Crippen molar-refractivity contribution in [2.45, 2.75) is 117 Å². The Morgan fingerprint density at radius 1 is 0.392 bits per heavy atom. The zero-order valence-corrected chi connectivity index (χ0v) is 44.0. The SMILES string of the molecule is C=CC(=O)OCCCc1cc2c(OC)c(c1)Cc1cc(CCCOC(=O)CC(C)=O)cc(c1OC)Cc1cc(CCCOC(=O)CC(C)=O)cc(c1OC)Cc1cc(CCCOC(=O)CC(C)=O)cc(c1OC)C2. The number of hydrogen-bond donors (Lipinski definition) is 0. The molecule has 396 valence electrons. The maximum absolute atomic E-state index is 12.3. The van der Waals surface area contributed by atoms with E-state index in [-0.39, 0.29) is 63.0 Å². The highest BCUT2D eigenvalue weighted by molar-refractivity contribution is 5.95. The molecular weight excluding hydrogens is 949 g/mol. The lowest BCUT2D eigenvalue weighted by Gasteiger charge is -2.23. The van der Waals surface area contributed by atoms with Crippen molar-refractivity contribution in [1.29, 1.82) is 0 Å². The number of Topliss-reactive ketones (excluding diaryl/α,β-unsaturated/α-hetero) is 3. The van der Waals surface area contributed by atoms with Crippen molar-refractivity contribution in [3.05, 3.63) is 128 Å². The third kappa shape index (κ3) is 17.4. The molecular formula is C59H70O15. The van der Waals surface area contributed by atoms with Gasteiger partial charge in [-0.15, -0.1) is 0 Å². The number of aryl methyl sites for hydroxylation is 4. The molecule has 74 heavy (non-hydrogen) atoms. The first kappa shape index (κ1) is 57.6. The molecule has 0 fully saturated rings. The van der Waals surface area contributed by atoms with Gasteiger partial charge >= 0.3 is 23.9 Å². The second kappa shape index (κ2) is 28.8. The lowest BCUT2D eigenvalue weighted by atomic mass is 9.87. The standard InChI is InChI=1S/C59H70O15/c1-9-52(63)71-18-10-14-40-25-44-33-46-27-41(15-11-19-72-53(64)22-37(2)60)29-48(57(46)68-6)35-50-31-43(17-13-21-74-55(66)24-39(4)62)32-51(59(50)70-8)36-49-30-42(16-12-20-73-54(65)23-38(3)61)28-47(58(49)69-7)34-45(26-40)56(44)67-5/h9,25-32H,1,10-24,33-36H2,2-8H3. The second-order valence-corrected chi connectivity index (χ2v) is 18.6. The summed E-state index contributed by atoms with van der Waals surface area (Å²) >= 11 is 0. The molecule has 0 atom stereocenters. The predicted molar refractivity (Wildman–Crippen MR) is 276 cm³/mol. The average molecular weight is 1020 g/mol. The first-order valence-electron chi connectivity index (χ1n) is 25.0. The van der Waals surface area contributed by atoms with Crippen molar-refractivity contribution in [2.75, 3.05) is 54.9 Å². The molecule has 0 radical (unpaired) electrons. The van der Waals surface area contributed by atoms with Crippen LogP contribution in [0.5, 0.6) is 23.0 Å². The largest absolute Gasteiger partial charge is 0.496 e. The highest BCUT2D eigenvalue weighted by Crippen LogP contribution is 2.41. The van der Waals surface area contributed by atoms with Gasteiger partial charge in [-0.05, 0) is 139 Å². The molecule has 0 aromatic heterocycles. The van der Waals surface area contributed by atoms with Crippen LogP contribution in [0, 0.1) is 0 Å². The summed E-state index contributed by atoms with van der Waals surface area (Å²) in [6.45, 7) is 8.15. The fourth-order valence-electron chi connectivity index (χ4n) is 9.46. The van der Waals surface area contributed by atoms with Gasteiger partial charge in [-0.3, -0.25) is 28.8 Å². The zero-order chi connectivity index (χ0) is 53.7. The second-order valence-electron chi connectivity index (χ2n) is 18.6. The Bertz CT molecular complexity index is 2550. The molecule has 0 N–H and O–H groups in total. The van der Waals surface area contributed by atoms with Crippen LogP contribution in [-0.4, -0.2) is 96.1 Å². The number of carbonyl (C=O) groups is 7. The average Bonchev–Trinajstić information content (AvgIpc) is 3.33. The molecule has 0 heterocycles. The predicted octanol–water partition coefficient (Wildman–Crippen LogP) is 8.42.